The van der Waals surface area contributed by atoms with Crippen LogP contribution in [0.2, 0.25) is 0 Å². The monoisotopic (exact) mass is 554 g/mol. The van der Waals surface area contributed by atoms with E-state index >= 15 is 0 Å². The number of fused-ring (bicyclic) bond motifs is 3. The van der Waals surface area contributed by atoms with Gasteiger partial charge in [0.05, 0.1) is 12.1 Å². The Morgan fingerprint density at radius 2 is 1.40 bits per heavy atom. The largest absolute Gasteiger partial charge is 0.333 e. The normalized spacial score (nSPS) is 17.5. The van der Waals surface area contributed by atoms with Gasteiger partial charge in [-0.15, -0.1) is 0 Å². The standard InChI is InChI=1S/C38H35FN2O/c1-26(38(42)41(25-31-15-6-9-20-36(31)39)32-23-29-13-2-3-14-30(29)24-32)40-22-21-28-12-5-8-18-34(28)37(40)35-19-10-16-27-11-4-7-17-33(27)35/h2-20,26,32,37H,21-25H2,1H3. The molecule has 1 aliphatic heterocycles. The summed E-state index contributed by atoms with van der Waals surface area (Å²) in [4.78, 5) is 19.1. The molecule has 4 heteroatoms. The summed E-state index contributed by atoms with van der Waals surface area (Å²) in [6.45, 7) is 3.08. The van der Waals surface area contributed by atoms with Gasteiger partial charge in [-0.25, -0.2) is 4.39 Å². The maximum absolute atomic E-state index is 15.0. The zero-order valence-corrected chi connectivity index (χ0v) is 23.9. The zero-order chi connectivity index (χ0) is 28.6. The van der Waals surface area contributed by atoms with E-state index in [4.69, 9.17) is 0 Å². The molecule has 1 aliphatic carbocycles. The molecule has 0 saturated heterocycles. The number of carbonyl (C=O) groups excluding carboxylic acids is 1. The van der Waals surface area contributed by atoms with Gasteiger partial charge in [-0.3, -0.25) is 9.69 Å². The van der Waals surface area contributed by atoms with E-state index in [1.165, 1.54) is 44.7 Å². The summed E-state index contributed by atoms with van der Waals surface area (Å²) < 4.78 is 15.0. The summed E-state index contributed by atoms with van der Waals surface area (Å²) in [7, 11) is 0. The van der Waals surface area contributed by atoms with Crippen molar-refractivity contribution in [2.24, 2.45) is 0 Å². The van der Waals surface area contributed by atoms with Gasteiger partial charge in [-0.1, -0.05) is 109 Å². The average molecular weight is 555 g/mol. The lowest BCUT2D eigenvalue weighted by molar-refractivity contribution is -0.140. The van der Waals surface area contributed by atoms with Crippen molar-refractivity contribution >= 4 is 16.7 Å². The molecule has 1 amide bonds. The van der Waals surface area contributed by atoms with Gasteiger partial charge in [0, 0.05) is 24.7 Å². The van der Waals surface area contributed by atoms with E-state index < -0.39 is 6.04 Å². The van der Waals surface area contributed by atoms with Crippen molar-refractivity contribution in [3.63, 3.8) is 0 Å². The van der Waals surface area contributed by atoms with Crippen LogP contribution in [-0.2, 0) is 30.6 Å². The third kappa shape index (κ3) is 4.80. The fourth-order valence-electron chi connectivity index (χ4n) is 7.17. The first-order valence-corrected chi connectivity index (χ1v) is 15.0. The number of hydrogen-bond donors (Lipinski definition) is 0. The Hall–Kier alpha value is -4.28. The highest BCUT2D eigenvalue weighted by Crippen LogP contribution is 2.40. The second-order valence-electron chi connectivity index (χ2n) is 11.7. The van der Waals surface area contributed by atoms with Gasteiger partial charge in [0.2, 0.25) is 5.91 Å². The van der Waals surface area contributed by atoms with E-state index in [2.05, 4.69) is 95.9 Å². The van der Waals surface area contributed by atoms with Crippen molar-refractivity contribution < 1.29 is 9.18 Å². The van der Waals surface area contributed by atoms with E-state index in [0.29, 0.717) is 5.56 Å². The SMILES string of the molecule is CC(C(=O)N(Cc1ccccc1F)C1Cc2ccccc2C1)N1CCc2ccccc2C1c1cccc2ccccc12. The molecular formula is C38H35FN2O. The predicted octanol–water partition coefficient (Wildman–Crippen LogP) is 7.51. The minimum atomic E-state index is -0.391. The van der Waals surface area contributed by atoms with E-state index in [1.807, 2.05) is 17.9 Å². The Kier molecular flexibility index (Phi) is 7.09. The van der Waals surface area contributed by atoms with E-state index in [-0.39, 0.29) is 30.4 Å². The smallest absolute Gasteiger partial charge is 0.240 e. The van der Waals surface area contributed by atoms with Crippen LogP contribution in [0.4, 0.5) is 4.39 Å². The fourth-order valence-corrected chi connectivity index (χ4v) is 7.17. The number of rotatable bonds is 6. The van der Waals surface area contributed by atoms with E-state index in [9.17, 15) is 9.18 Å². The number of nitrogens with zero attached hydrogens (tertiary/aromatic N) is 2. The molecular weight excluding hydrogens is 519 g/mol. The first-order valence-electron chi connectivity index (χ1n) is 15.0. The molecule has 1 heterocycles. The minimum Gasteiger partial charge on any atom is -0.333 e. The zero-order valence-electron chi connectivity index (χ0n) is 23.9. The molecule has 0 radical (unpaired) electrons. The average Bonchev–Trinajstić information content (AvgIpc) is 3.47. The van der Waals surface area contributed by atoms with Gasteiger partial charge in [0.25, 0.3) is 0 Å². The number of carbonyl (C=O) groups is 1. The second kappa shape index (κ2) is 11.2. The Labute approximate surface area is 247 Å². The molecule has 0 spiro atoms. The van der Waals surface area contributed by atoms with Gasteiger partial charge in [0.15, 0.2) is 0 Å². The van der Waals surface area contributed by atoms with Crippen molar-refractivity contribution in [2.75, 3.05) is 6.54 Å². The third-order valence-corrected chi connectivity index (χ3v) is 9.35. The van der Waals surface area contributed by atoms with Crippen molar-refractivity contribution in [2.45, 2.75) is 50.9 Å². The number of hydrogen-bond acceptors (Lipinski definition) is 2. The Bertz CT molecular complexity index is 1730. The van der Waals surface area contributed by atoms with Gasteiger partial charge in [-0.05, 0) is 70.8 Å². The molecule has 0 bridgehead atoms. The third-order valence-electron chi connectivity index (χ3n) is 9.35. The molecule has 0 aromatic heterocycles. The molecule has 0 N–H and O–H groups in total. The van der Waals surface area contributed by atoms with Gasteiger partial charge < -0.3 is 4.90 Å². The minimum absolute atomic E-state index is 0.00922. The maximum Gasteiger partial charge on any atom is 0.240 e. The Morgan fingerprint density at radius 1 is 0.786 bits per heavy atom. The van der Waals surface area contributed by atoms with Crippen molar-refractivity contribution in [3.8, 4) is 0 Å². The molecule has 2 unspecified atom stereocenters. The molecule has 2 aliphatic rings. The van der Waals surface area contributed by atoms with Gasteiger partial charge in [-0.2, -0.15) is 0 Å². The number of halogens is 1. The first kappa shape index (κ1) is 26.6. The van der Waals surface area contributed by atoms with Gasteiger partial charge >= 0.3 is 0 Å². The molecule has 210 valence electrons. The molecule has 0 fully saturated rings. The molecule has 5 aromatic carbocycles. The summed E-state index contributed by atoms with van der Waals surface area (Å²) >= 11 is 0. The van der Waals surface area contributed by atoms with Crippen LogP contribution in [-0.4, -0.2) is 34.3 Å². The molecule has 2 atom stereocenters. The van der Waals surface area contributed by atoms with Crippen LogP contribution in [0, 0.1) is 5.82 Å². The quantitative estimate of drug-likeness (QED) is 0.217. The molecule has 5 aromatic rings. The van der Waals surface area contributed by atoms with Crippen LogP contribution in [0.25, 0.3) is 10.8 Å². The Balaban J connectivity index is 1.28. The molecule has 0 saturated carbocycles. The molecule has 7 rings (SSSR count). The summed E-state index contributed by atoms with van der Waals surface area (Å²) in [5.41, 5.74) is 6.93. The summed E-state index contributed by atoms with van der Waals surface area (Å²) in [5, 5.41) is 2.41. The topological polar surface area (TPSA) is 23.6 Å². The lowest BCUT2D eigenvalue weighted by atomic mass is 9.85. The van der Waals surface area contributed by atoms with Crippen LogP contribution in [0.15, 0.2) is 115 Å². The maximum atomic E-state index is 15.0. The lowest BCUT2D eigenvalue weighted by Crippen LogP contribution is -2.53. The van der Waals surface area contributed by atoms with Crippen LogP contribution in [0.5, 0.6) is 0 Å². The van der Waals surface area contributed by atoms with Crippen LogP contribution >= 0.6 is 0 Å². The van der Waals surface area contributed by atoms with Gasteiger partial charge in [0.1, 0.15) is 5.82 Å². The lowest BCUT2D eigenvalue weighted by Gasteiger charge is -2.43. The van der Waals surface area contributed by atoms with Crippen LogP contribution in [0.3, 0.4) is 0 Å². The number of amides is 1. The van der Waals surface area contributed by atoms with E-state index in [0.717, 1.165) is 25.8 Å². The highest BCUT2D eigenvalue weighted by Gasteiger charge is 2.39. The van der Waals surface area contributed by atoms with Crippen molar-refractivity contribution in [1.29, 1.82) is 0 Å². The highest BCUT2D eigenvalue weighted by atomic mass is 19.1. The Morgan fingerprint density at radius 3 is 2.19 bits per heavy atom. The van der Waals surface area contributed by atoms with Crippen LogP contribution < -0.4 is 0 Å². The molecule has 3 nitrogen and oxygen atoms in total. The fraction of sp³-hybridized carbons (Fsp3) is 0.237. The summed E-state index contributed by atoms with van der Waals surface area (Å²) in [6.07, 6.45) is 2.47. The predicted molar refractivity (Wildman–Crippen MR) is 167 cm³/mol. The van der Waals surface area contributed by atoms with Crippen LogP contribution in [0.1, 0.15) is 46.3 Å². The highest BCUT2D eigenvalue weighted by molar-refractivity contribution is 5.87. The van der Waals surface area contributed by atoms with E-state index in [1.54, 1.807) is 12.1 Å². The first-order chi connectivity index (χ1) is 20.6. The van der Waals surface area contributed by atoms with Crippen molar-refractivity contribution in [1.82, 2.24) is 9.80 Å². The number of benzene rings is 5. The summed E-state index contributed by atoms with van der Waals surface area (Å²) in [6, 6.07) is 38.5. The molecule has 42 heavy (non-hydrogen) atoms. The van der Waals surface area contributed by atoms with Crippen molar-refractivity contribution in [3.05, 3.63) is 154 Å². The second-order valence-corrected chi connectivity index (χ2v) is 11.7. The summed E-state index contributed by atoms with van der Waals surface area (Å²) in [5.74, 6) is -0.209.